The Morgan fingerprint density at radius 1 is 1.40 bits per heavy atom. The van der Waals surface area contributed by atoms with Crippen molar-refractivity contribution in [2.24, 2.45) is 11.1 Å². The smallest absolute Gasteiger partial charge is 0.305 e. The van der Waals surface area contributed by atoms with E-state index in [0.29, 0.717) is 24.7 Å². The molecule has 0 saturated heterocycles. The molecule has 1 saturated carbocycles. The fourth-order valence-corrected chi connectivity index (χ4v) is 2.89. The third-order valence-corrected chi connectivity index (χ3v) is 4.46. The van der Waals surface area contributed by atoms with E-state index < -0.39 is 12.0 Å². The number of carboxylic acids is 1. The lowest BCUT2D eigenvalue weighted by molar-refractivity contribution is -0.137. The van der Waals surface area contributed by atoms with E-state index in [1.54, 1.807) is 12.1 Å². The van der Waals surface area contributed by atoms with Crippen LogP contribution < -0.4 is 15.2 Å². The second kappa shape index (κ2) is 4.93. The van der Waals surface area contributed by atoms with Crippen LogP contribution in [0.15, 0.2) is 16.6 Å². The Balaban J connectivity index is 1.88. The lowest BCUT2D eigenvalue weighted by atomic mass is 10.0. The van der Waals surface area contributed by atoms with Gasteiger partial charge >= 0.3 is 5.97 Å². The molecule has 2 aliphatic rings. The molecule has 0 bridgehead atoms. The number of nitrogens with two attached hydrogens (primary N) is 1. The number of halogens is 1. The second-order valence-corrected chi connectivity index (χ2v) is 6.47. The minimum atomic E-state index is -0.919. The molecule has 3 N–H and O–H groups in total. The molecule has 0 radical (unpaired) electrons. The monoisotopic (exact) mass is 341 g/mol. The fraction of sp³-hybridized carbons (Fsp3) is 0.500. The zero-order valence-electron chi connectivity index (χ0n) is 10.9. The quantitative estimate of drug-likeness (QED) is 0.882. The molecule has 1 aromatic rings. The van der Waals surface area contributed by atoms with Gasteiger partial charge in [-0.15, -0.1) is 0 Å². The van der Waals surface area contributed by atoms with Crippen LogP contribution in [0.1, 0.15) is 30.9 Å². The maximum absolute atomic E-state index is 10.8. The molecule has 108 valence electrons. The zero-order valence-corrected chi connectivity index (χ0v) is 12.5. The fourth-order valence-electron chi connectivity index (χ4n) is 2.32. The molecule has 1 aliphatic carbocycles. The lowest BCUT2D eigenvalue weighted by Gasteiger charge is -2.15. The number of hydrogen-bond donors (Lipinski definition) is 2. The van der Waals surface area contributed by atoms with Crippen molar-refractivity contribution in [3.8, 4) is 11.5 Å². The number of aliphatic carboxylic acids is 1. The number of carboxylic acid groups (broad SMARTS) is 1. The van der Waals surface area contributed by atoms with E-state index >= 15 is 0 Å². The molecule has 1 spiro atoms. The van der Waals surface area contributed by atoms with E-state index in [4.69, 9.17) is 20.3 Å². The van der Waals surface area contributed by atoms with E-state index in [2.05, 4.69) is 15.9 Å². The van der Waals surface area contributed by atoms with Gasteiger partial charge in [0.25, 0.3) is 0 Å². The van der Waals surface area contributed by atoms with Gasteiger partial charge in [0, 0.05) is 11.5 Å². The molecule has 0 amide bonds. The Morgan fingerprint density at radius 2 is 2.10 bits per heavy atom. The summed E-state index contributed by atoms with van der Waals surface area (Å²) in [6, 6.07) is 3.03. The zero-order chi connectivity index (χ0) is 14.3. The van der Waals surface area contributed by atoms with Crippen molar-refractivity contribution < 1.29 is 19.4 Å². The van der Waals surface area contributed by atoms with Crippen molar-refractivity contribution in [1.29, 1.82) is 0 Å². The Morgan fingerprint density at radius 3 is 2.75 bits per heavy atom. The van der Waals surface area contributed by atoms with Crippen LogP contribution in [0.2, 0.25) is 0 Å². The molecule has 1 aromatic carbocycles. The number of carbonyl (C=O) groups is 1. The van der Waals surface area contributed by atoms with E-state index in [1.807, 2.05) is 0 Å². The number of ether oxygens (including phenoxy) is 2. The molecule has 0 aromatic heterocycles. The molecule has 1 unspecified atom stereocenters. The molecule has 3 rings (SSSR count). The number of benzene rings is 1. The van der Waals surface area contributed by atoms with Gasteiger partial charge < -0.3 is 20.3 Å². The highest BCUT2D eigenvalue weighted by atomic mass is 79.9. The molecule has 5 nitrogen and oxygen atoms in total. The van der Waals surface area contributed by atoms with Crippen LogP contribution in [0.3, 0.4) is 0 Å². The normalized spacial score (nSPS) is 20.3. The van der Waals surface area contributed by atoms with E-state index in [9.17, 15) is 4.79 Å². The first kappa shape index (κ1) is 13.7. The Bertz CT molecular complexity index is 556. The van der Waals surface area contributed by atoms with Crippen LogP contribution in [0.4, 0.5) is 0 Å². The Kier molecular flexibility index (Phi) is 3.38. The summed E-state index contributed by atoms with van der Waals surface area (Å²) < 4.78 is 12.4. The van der Waals surface area contributed by atoms with Gasteiger partial charge in [0.2, 0.25) is 0 Å². The van der Waals surface area contributed by atoms with Gasteiger partial charge in [-0.05, 0) is 46.5 Å². The summed E-state index contributed by atoms with van der Waals surface area (Å²) in [6.45, 7) is 1.31. The van der Waals surface area contributed by atoms with Crippen molar-refractivity contribution in [2.75, 3.05) is 13.2 Å². The first-order valence-corrected chi connectivity index (χ1v) is 7.35. The first-order chi connectivity index (χ1) is 9.49. The standard InChI is InChI=1S/C14H16BrNO4/c15-9-3-8(10(16)5-12(17)18)4-11-13(9)20-7-14(1-2-14)6-19-11/h3-4,10H,1-2,5-7,16H2,(H,17,18). The van der Waals surface area contributed by atoms with Crippen LogP contribution in [-0.2, 0) is 4.79 Å². The van der Waals surface area contributed by atoms with Crippen molar-refractivity contribution >= 4 is 21.9 Å². The Labute approximate surface area is 125 Å². The van der Waals surface area contributed by atoms with Gasteiger partial charge in [0.1, 0.15) is 0 Å². The maximum Gasteiger partial charge on any atom is 0.305 e. The molecular formula is C14H16BrNO4. The van der Waals surface area contributed by atoms with E-state index in [1.165, 1.54) is 0 Å². The predicted molar refractivity (Wildman–Crippen MR) is 76.0 cm³/mol. The first-order valence-electron chi connectivity index (χ1n) is 6.56. The van der Waals surface area contributed by atoms with Crippen molar-refractivity contribution in [3.63, 3.8) is 0 Å². The summed E-state index contributed by atoms with van der Waals surface area (Å²) in [7, 11) is 0. The van der Waals surface area contributed by atoms with Gasteiger partial charge in [-0.2, -0.15) is 0 Å². The molecule has 1 aliphatic heterocycles. The van der Waals surface area contributed by atoms with Gasteiger partial charge in [-0.3, -0.25) is 4.79 Å². The third kappa shape index (κ3) is 2.62. The van der Waals surface area contributed by atoms with Gasteiger partial charge in [-0.25, -0.2) is 0 Å². The average molecular weight is 342 g/mol. The van der Waals surface area contributed by atoms with Crippen molar-refractivity contribution in [2.45, 2.75) is 25.3 Å². The van der Waals surface area contributed by atoms with Crippen molar-refractivity contribution in [3.05, 3.63) is 22.2 Å². The van der Waals surface area contributed by atoms with Crippen LogP contribution in [0.5, 0.6) is 11.5 Å². The average Bonchev–Trinajstić information content (AvgIpc) is 3.16. The molecule has 20 heavy (non-hydrogen) atoms. The van der Waals surface area contributed by atoms with Gasteiger partial charge in [0.05, 0.1) is 24.1 Å². The number of hydrogen-bond acceptors (Lipinski definition) is 4. The maximum atomic E-state index is 10.8. The Hall–Kier alpha value is -1.27. The molecule has 1 heterocycles. The van der Waals surface area contributed by atoms with Crippen molar-refractivity contribution in [1.82, 2.24) is 0 Å². The second-order valence-electron chi connectivity index (χ2n) is 5.61. The van der Waals surface area contributed by atoms with Gasteiger partial charge in [-0.1, -0.05) is 0 Å². The van der Waals surface area contributed by atoms with E-state index in [0.717, 1.165) is 22.9 Å². The minimum absolute atomic E-state index is 0.115. The highest BCUT2D eigenvalue weighted by molar-refractivity contribution is 9.10. The van der Waals surface area contributed by atoms with Crippen LogP contribution in [0, 0.1) is 5.41 Å². The number of rotatable bonds is 3. The van der Waals surface area contributed by atoms with Crippen LogP contribution >= 0.6 is 15.9 Å². The number of fused-ring (bicyclic) bond motifs is 1. The molecular weight excluding hydrogens is 326 g/mol. The summed E-state index contributed by atoms with van der Waals surface area (Å²) in [5, 5.41) is 8.83. The summed E-state index contributed by atoms with van der Waals surface area (Å²) >= 11 is 3.45. The molecule has 1 atom stereocenters. The lowest BCUT2D eigenvalue weighted by Crippen LogP contribution is -2.17. The van der Waals surface area contributed by atoms with E-state index in [-0.39, 0.29) is 11.8 Å². The highest BCUT2D eigenvalue weighted by Crippen LogP contribution is 2.50. The largest absolute Gasteiger partial charge is 0.489 e. The summed E-state index contributed by atoms with van der Waals surface area (Å²) in [5.74, 6) is 0.400. The molecule has 6 heteroatoms. The SMILES string of the molecule is NC(CC(=O)O)c1cc(Br)c2c(c1)OCC1(CC1)CO2. The third-order valence-electron chi connectivity index (χ3n) is 3.87. The minimum Gasteiger partial charge on any atom is -0.489 e. The topological polar surface area (TPSA) is 81.8 Å². The van der Waals surface area contributed by atoms with Crippen LogP contribution in [-0.4, -0.2) is 24.3 Å². The highest BCUT2D eigenvalue weighted by Gasteiger charge is 2.46. The van der Waals surface area contributed by atoms with Gasteiger partial charge in [0.15, 0.2) is 11.5 Å². The summed E-state index contributed by atoms with van der Waals surface area (Å²) in [5.41, 5.74) is 6.80. The predicted octanol–water partition coefficient (Wildman–Crippen LogP) is 2.48. The summed E-state index contributed by atoms with van der Waals surface area (Å²) in [6.07, 6.45) is 2.14. The molecule has 1 fully saturated rings. The van der Waals surface area contributed by atoms with Crippen LogP contribution in [0.25, 0.3) is 0 Å². The summed E-state index contributed by atoms with van der Waals surface area (Å²) in [4.78, 5) is 10.8.